The molecular formula is C19H24ClNO6. The predicted octanol–water partition coefficient (Wildman–Crippen LogP) is 3.00. The molecule has 1 aromatic carbocycles. The molecule has 0 amide bonds. The van der Waals surface area contributed by atoms with Crippen LogP contribution in [0.25, 0.3) is 0 Å². The Hall–Kier alpha value is -2.38. The second kappa shape index (κ2) is 11.4. The minimum atomic E-state index is -1.26. The van der Waals surface area contributed by atoms with Crippen molar-refractivity contribution in [2.75, 3.05) is 19.6 Å². The maximum absolute atomic E-state index is 11.9. The Morgan fingerprint density at radius 3 is 2.11 bits per heavy atom. The first kappa shape index (κ1) is 22.7. The summed E-state index contributed by atoms with van der Waals surface area (Å²) in [7, 11) is 0. The van der Waals surface area contributed by atoms with Crippen molar-refractivity contribution in [1.29, 1.82) is 0 Å². The zero-order valence-electron chi connectivity index (χ0n) is 15.3. The van der Waals surface area contributed by atoms with Crippen LogP contribution in [0.4, 0.5) is 0 Å². The van der Waals surface area contributed by atoms with Crippen molar-refractivity contribution in [2.45, 2.75) is 26.4 Å². The number of halogens is 1. The Bertz CT molecular complexity index is 653. The van der Waals surface area contributed by atoms with Crippen molar-refractivity contribution in [3.63, 3.8) is 0 Å². The minimum Gasteiger partial charge on any atom is -0.478 e. The third-order valence-electron chi connectivity index (χ3n) is 4.07. The molecule has 2 unspecified atom stereocenters. The molecule has 1 saturated heterocycles. The van der Waals surface area contributed by atoms with Gasteiger partial charge in [0.1, 0.15) is 6.10 Å². The fourth-order valence-corrected chi connectivity index (χ4v) is 2.73. The monoisotopic (exact) mass is 397 g/mol. The van der Waals surface area contributed by atoms with Crippen LogP contribution in [-0.4, -0.2) is 52.7 Å². The van der Waals surface area contributed by atoms with Crippen molar-refractivity contribution < 1.29 is 29.3 Å². The van der Waals surface area contributed by atoms with Gasteiger partial charge < -0.3 is 19.8 Å². The van der Waals surface area contributed by atoms with E-state index in [-0.39, 0.29) is 18.0 Å². The number of hydrogen-bond donors (Lipinski definition) is 2. The van der Waals surface area contributed by atoms with E-state index in [9.17, 15) is 14.4 Å². The lowest BCUT2D eigenvalue weighted by atomic mass is 9.99. The molecule has 27 heavy (non-hydrogen) atoms. The van der Waals surface area contributed by atoms with Crippen molar-refractivity contribution in [3.05, 3.63) is 47.0 Å². The quantitative estimate of drug-likeness (QED) is 0.538. The molecule has 2 N–H and O–H groups in total. The van der Waals surface area contributed by atoms with Gasteiger partial charge in [0, 0.05) is 30.1 Å². The number of cyclic esters (lactones) is 1. The highest BCUT2D eigenvalue weighted by atomic mass is 35.5. The second-order valence-corrected chi connectivity index (χ2v) is 6.34. The van der Waals surface area contributed by atoms with Gasteiger partial charge in [-0.3, -0.25) is 4.79 Å². The Kier molecular flexibility index (Phi) is 9.53. The Morgan fingerprint density at radius 1 is 1.15 bits per heavy atom. The summed E-state index contributed by atoms with van der Waals surface area (Å²) < 4.78 is 5.48. The summed E-state index contributed by atoms with van der Waals surface area (Å²) in [5.74, 6) is -2.60. The smallest absolute Gasteiger partial charge is 0.328 e. The molecule has 2 rings (SSSR count). The summed E-state index contributed by atoms with van der Waals surface area (Å²) in [6.07, 6.45) is 1.76. The third-order valence-corrected chi connectivity index (χ3v) is 4.33. The van der Waals surface area contributed by atoms with Gasteiger partial charge in [0.05, 0.1) is 5.92 Å². The van der Waals surface area contributed by atoms with Gasteiger partial charge in [-0.25, -0.2) is 9.59 Å². The van der Waals surface area contributed by atoms with Crippen LogP contribution in [0.1, 0.15) is 31.9 Å². The molecule has 1 aliphatic rings. The molecule has 0 aromatic heterocycles. The van der Waals surface area contributed by atoms with Crippen molar-refractivity contribution in [1.82, 2.24) is 4.90 Å². The van der Waals surface area contributed by atoms with Gasteiger partial charge in [-0.1, -0.05) is 37.6 Å². The van der Waals surface area contributed by atoms with Gasteiger partial charge in [0.25, 0.3) is 0 Å². The third kappa shape index (κ3) is 8.23. The van der Waals surface area contributed by atoms with Crippen molar-refractivity contribution >= 4 is 29.5 Å². The number of carbonyl (C=O) groups is 3. The van der Waals surface area contributed by atoms with Gasteiger partial charge in [-0.15, -0.1) is 0 Å². The number of carbonyl (C=O) groups excluding carboxylic acids is 1. The standard InChI is InChI=1S/C15H20ClNO2.C4H4O4/c1-3-17(4-2)10-12-9-14(19-15(12)18)11-5-7-13(16)8-6-11;5-3(6)1-2-4(7)8/h5-8,12,14H,3-4,9-10H2,1-2H3;1-2H,(H,5,6)(H,7,8)/b;2-1-. The number of benzene rings is 1. The lowest BCUT2D eigenvalue weighted by Gasteiger charge is -2.19. The summed E-state index contributed by atoms with van der Waals surface area (Å²) >= 11 is 5.87. The summed E-state index contributed by atoms with van der Waals surface area (Å²) in [6.45, 7) is 6.94. The van der Waals surface area contributed by atoms with Gasteiger partial charge in [-0.05, 0) is 30.8 Å². The lowest BCUT2D eigenvalue weighted by molar-refractivity contribution is -0.145. The Labute approximate surface area is 163 Å². The maximum Gasteiger partial charge on any atom is 0.328 e. The van der Waals surface area contributed by atoms with Crippen LogP contribution in [0, 0.1) is 5.92 Å². The molecule has 1 aromatic rings. The molecule has 0 radical (unpaired) electrons. The number of carboxylic acid groups (broad SMARTS) is 2. The van der Waals surface area contributed by atoms with Crippen LogP contribution in [0.2, 0.25) is 5.02 Å². The fourth-order valence-electron chi connectivity index (χ4n) is 2.61. The molecular weight excluding hydrogens is 374 g/mol. The van der Waals surface area contributed by atoms with E-state index in [1.807, 2.05) is 24.3 Å². The molecule has 148 valence electrons. The Balaban J connectivity index is 0.000000387. The summed E-state index contributed by atoms with van der Waals surface area (Å²) in [5, 5.41) is 16.3. The molecule has 0 bridgehead atoms. The molecule has 7 nitrogen and oxygen atoms in total. The largest absolute Gasteiger partial charge is 0.478 e. The number of rotatable bonds is 7. The molecule has 0 saturated carbocycles. The molecule has 1 aliphatic heterocycles. The van der Waals surface area contributed by atoms with Crippen LogP contribution in [0.15, 0.2) is 36.4 Å². The average Bonchev–Trinajstić information content (AvgIpc) is 2.99. The van der Waals surface area contributed by atoms with Crippen molar-refractivity contribution in [3.8, 4) is 0 Å². The lowest BCUT2D eigenvalue weighted by Crippen LogP contribution is -2.31. The van der Waals surface area contributed by atoms with Gasteiger partial charge in [-0.2, -0.15) is 0 Å². The molecule has 1 fully saturated rings. The first-order valence-electron chi connectivity index (χ1n) is 8.59. The van der Waals surface area contributed by atoms with E-state index in [1.54, 1.807) is 0 Å². The summed E-state index contributed by atoms with van der Waals surface area (Å²) in [5.41, 5.74) is 1.03. The Morgan fingerprint density at radius 2 is 1.67 bits per heavy atom. The highest BCUT2D eigenvalue weighted by Gasteiger charge is 2.35. The predicted molar refractivity (Wildman–Crippen MR) is 101 cm³/mol. The number of nitrogens with zero attached hydrogens (tertiary/aromatic N) is 1. The maximum atomic E-state index is 11.9. The van der Waals surface area contributed by atoms with Crippen LogP contribution < -0.4 is 0 Å². The first-order chi connectivity index (χ1) is 12.8. The van der Waals surface area contributed by atoms with E-state index in [0.717, 1.165) is 31.6 Å². The first-order valence-corrected chi connectivity index (χ1v) is 8.96. The number of esters is 1. The van der Waals surface area contributed by atoms with Crippen molar-refractivity contribution in [2.24, 2.45) is 5.92 Å². The van der Waals surface area contributed by atoms with Crippen LogP contribution in [0.3, 0.4) is 0 Å². The SMILES string of the molecule is CCN(CC)CC1CC(c2ccc(Cl)cc2)OC1=O.O=C(O)/C=C\C(=O)O. The topological polar surface area (TPSA) is 104 Å². The minimum absolute atomic E-state index is 0.0134. The highest BCUT2D eigenvalue weighted by Crippen LogP contribution is 2.34. The zero-order chi connectivity index (χ0) is 20.4. The molecule has 1 heterocycles. The summed E-state index contributed by atoms with van der Waals surface area (Å²) in [6, 6.07) is 7.53. The van der Waals surface area contributed by atoms with Crippen LogP contribution >= 0.6 is 11.6 Å². The molecule has 0 spiro atoms. The second-order valence-electron chi connectivity index (χ2n) is 5.91. The number of carboxylic acids is 2. The van der Waals surface area contributed by atoms with E-state index < -0.39 is 11.9 Å². The van der Waals surface area contributed by atoms with E-state index in [2.05, 4.69) is 18.7 Å². The molecule has 8 heteroatoms. The van der Waals surface area contributed by atoms with Crippen LogP contribution in [0.5, 0.6) is 0 Å². The van der Waals surface area contributed by atoms with Gasteiger partial charge in [0.2, 0.25) is 0 Å². The molecule has 2 atom stereocenters. The van der Waals surface area contributed by atoms with Gasteiger partial charge in [0.15, 0.2) is 0 Å². The molecule has 0 aliphatic carbocycles. The van der Waals surface area contributed by atoms with E-state index >= 15 is 0 Å². The highest BCUT2D eigenvalue weighted by molar-refractivity contribution is 6.30. The van der Waals surface area contributed by atoms with E-state index in [1.165, 1.54) is 0 Å². The van der Waals surface area contributed by atoms with Gasteiger partial charge >= 0.3 is 17.9 Å². The normalized spacial score (nSPS) is 18.9. The van der Waals surface area contributed by atoms with E-state index in [0.29, 0.717) is 17.2 Å². The van der Waals surface area contributed by atoms with E-state index in [4.69, 9.17) is 26.6 Å². The van der Waals surface area contributed by atoms with Crippen LogP contribution in [-0.2, 0) is 19.1 Å². The number of aliphatic carboxylic acids is 2. The number of ether oxygens (including phenoxy) is 1. The fraction of sp³-hybridized carbons (Fsp3) is 0.421. The average molecular weight is 398 g/mol. The number of hydrogen-bond acceptors (Lipinski definition) is 5. The summed E-state index contributed by atoms with van der Waals surface area (Å²) in [4.78, 5) is 33.3. The zero-order valence-corrected chi connectivity index (χ0v) is 16.1.